The van der Waals surface area contributed by atoms with Gasteiger partial charge in [0, 0.05) is 16.4 Å². The van der Waals surface area contributed by atoms with E-state index in [-0.39, 0.29) is 11.7 Å². The Morgan fingerprint density at radius 2 is 1.95 bits per heavy atom. The molecule has 1 aromatic carbocycles. The Hall–Kier alpha value is -1.79. The summed E-state index contributed by atoms with van der Waals surface area (Å²) in [5, 5.41) is 3.86. The molecule has 0 aliphatic heterocycles. The van der Waals surface area contributed by atoms with Gasteiger partial charge in [-0.1, -0.05) is 23.4 Å². The number of thioether (sulfide) groups is 1. The summed E-state index contributed by atoms with van der Waals surface area (Å²) in [5.74, 6) is 0.0436. The molecule has 0 radical (unpaired) electrons. The van der Waals surface area contributed by atoms with Crippen molar-refractivity contribution in [2.45, 2.75) is 19.0 Å². The first-order chi connectivity index (χ1) is 9.94. The number of hydrogen-bond donors (Lipinski definition) is 2. The summed E-state index contributed by atoms with van der Waals surface area (Å²) < 4.78 is 0. The van der Waals surface area contributed by atoms with E-state index in [9.17, 15) is 4.79 Å². The number of rotatable bonds is 4. The van der Waals surface area contributed by atoms with Gasteiger partial charge in [-0.05, 0) is 38.1 Å². The molecule has 0 unspecified atom stereocenters. The van der Waals surface area contributed by atoms with Crippen LogP contribution in [0.15, 0.2) is 29.4 Å². The van der Waals surface area contributed by atoms with Crippen LogP contribution in [0.1, 0.15) is 11.4 Å². The van der Waals surface area contributed by atoms with Gasteiger partial charge in [0.05, 0.1) is 17.1 Å². The average Bonchev–Trinajstić information content (AvgIpc) is 2.39. The minimum Gasteiger partial charge on any atom is -0.397 e. The van der Waals surface area contributed by atoms with Crippen molar-refractivity contribution >= 4 is 40.6 Å². The molecule has 5 nitrogen and oxygen atoms in total. The molecule has 0 atom stereocenters. The second-order valence-corrected chi connectivity index (χ2v) is 5.88. The lowest BCUT2D eigenvalue weighted by Gasteiger charge is -2.08. The van der Waals surface area contributed by atoms with Crippen LogP contribution in [-0.4, -0.2) is 21.6 Å². The molecule has 0 fully saturated rings. The number of anilines is 2. The molecule has 0 aliphatic rings. The molecule has 110 valence electrons. The SMILES string of the molecule is Cc1cc(C)nc(SCC(=O)Nc2ccc(Cl)cc2N)n1. The highest BCUT2D eigenvalue weighted by atomic mass is 35.5. The Kier molecular flexibility index (Phi) is 5.03. The second-order valence-electron chi connectivity index (χ2n) is 4.50. The molecule has 0 saturated carbocycles. The van der Waals surface area contributed by atoms with Gasteiger partial charge in [0.25, 0.3) is 0 Å². The largest absolute Gasteiger partial charge is 0.397 e. The van der Waals surface area contributed by atoms with E-state index in [0.29, 0.717) is 21.6 Å². The second kappa shape index (κ2) is 6.78. The Labute approximate surface area is 132 Å². The molecule has 1 aromatic heterocycles. The monoisotopic (exact) mass is 322 g/mol. The smallest absolute Gasteiger partial charge is 0.234 e. The number of carbonyl (C=O) groups excluding carboxylic acids is 1. The molecule has 2 aromatic rings. The number of aryl methyl sites for hydroxylation is 2. The highest BCUT2D eigenvalue weighted by molar-refractivity contribution is 7.99. The number of nitrogen functional groups attached to an aromatic ring is 1. The van der Waals surface area contributed by atoms with Gasteiger partial charge in [-0.3, -0.25) is 4.79 Å². The number of amides is 1. The van der Waals surface area contributed by atoms with Crippen molar-refractivity contribution in [1.29, 1.82) is 0 Å². The predicted octanol–water partition coefficient (Wildman–Crippen LogP) is 3.06. The third kappa shape index (κ3) is 4.61. The van der Waals surface area contributed by atoms with Gasteiger partial charge in [-0.15, -0.1) is 0 Å². The van der Waals surface area contributed by atoms with E-state index in [1.165, 1.54) is 11.8 Å². The van der Waals surface area contributed by atoms with Crippen LogP contribution in [0.2, 0.25) is 5.02 Å². The molecule has 0 aliphatic carbocycles. The van der Waals surface area contributed by atoms with Gasteiger partial charge in [0.1, 0.15) is 0 Å². The Morgan fingerprint density at radius 3 is 2.57 bits per heavy atom. The molecule has 0 spiro atoms. The van der Waals surface area contributed by atoms with Gasteiger partial charge in [0.2, 0.25) is 5.91 Å². The minimum absolute atomic E-state index is 0.170. The van der Waals surface area contributed by atoms with E-state index in [0.717, 1.165) is 11.4 Å². The zero-order valence-electron chi connectivity index (χ0n) is 11.7. The zero-order chi connectivity index (χ0) is 15.4. The number of halogens is 1. The number of nitrogens with two attached hydrogens (primary N) is 1. The van der Waals surface area contributed by atoms with Gasteiger partial charge in [-0.2, -0.15) is 0 Å². The molecular formula is C14H15ClN4OS. The van der Waals surface area contributed by atoms with Gasteiger partial charge in [-0.25, -0.2) is 9.97 Å². The van der Waals surface area contributed by atoms with Crippen LogP contribution in [0.3, 0.4) is 0 Å². The topological polar surface area (TPSA) is 80.9 Å². The van der Waals surface area contributed by atoms with Crippen molar-refractivity contribution in [2.24, 2.45) is 0 Å². The van der Waals surface area contributed by atoms with Crippen LogP contribution < -0.4 is 11.1 Å². The lowest BCUT2D eigenvalue weighted by molar-refractivity contribution is -0.113. The Bertz CT molecular complexity index is 658. The standard InChI is InChI=1S/C14H15ClN4OS/c1-8-5-9(2)18-14(17-8)21-7-13(20)19-12-4-3-10(15)6-11(12)16/h3-6H,7,16H2,1-2H3,(H,19,20). The van der Waals surface area contributed by atoms with Crippen molar-refractivity contribution in [3.8, 4) is 0 Å². The quantitative estimate of drug-likeness (QED) is 0.513. The van der Waals surface area contributed by atoms with Crippen LogP contribution >= 0.6 is 23.4 Å². The van der Waals surface area contributed by atoms with E-state index < -0.39 is 0 Å². The number of carbonyl (C=O) groups is 1. The van der Waals surface area contributed by atoms with Crippen LogP contribution in [0.4, 0.5) is 11.4 Å². The van der Waals surface area contributed by atoms with Gasteiger partial charge < -0.3 is 11.1 Å². The maximum absolute atomic E-state index is 11.9. The normalized spacial score (nSPS) is 10.4. The third-order valence-electron chi connectivity index (χ3n) is 2.58. The fourth-order valence-electron chi connectivity index (χ4n) is 1.72. The summed E-state index contributed by atoms with van der Waals surface area (Å²) in [6, 6.07) is 6.83. The van der Waals surface area contributed by atoms with Crippen molar-refractivity contribution in [3.63, 3.8) is 0 Å². The van der Waals surface area contributed by atoms with Crippen LogP contribution in [0.25, 0.3) is 0 Å². The third-order valence-corrected chi connectivity index (χ3v) is 3.66. The maximum atomic E-state index is 11.9. The summed E-state index contributed by atoms with van der Waals surface area (Å²) in [6.45, 7) is 3.79. The Morgan fingerprint density at radius 1 is 1.29 bits per heavy atom. The summed E-state index contributed by atoms with van der Waals surface area (Å²) in [7, 11) is 0. The van der Waals surface area contributed by atoms with Crippen LogP contribution in [0, 0.1) is 13.8 Å². The van der Waals surface area contributed by atoms with Gasteiger partial charge >= 0.3 is 0 Å². The first kappa shape index (κ1) is 15.6. The summed E-state index contributed by atoms with van der Waals surface area (Å²) >= 11 is 7.09. The fraction of sp³-hybridized carbons (Fsp3) is 0.214. The average molecular weight is 323 g/mol. The maximum Gasteiger partial charge on any atom is 0.234 e. The van der Waals surface area contributed by atoms with Crippen LogP contribution in [0.5, 0.6) is 0 Å². The molecule has 1 heterocycles. The number of aromatic nitrogens is 2. The van der Waals surface area contributed by atoms with Crippen LogP contribution in [-0.2, 0) is 4.79 Å². The molecule has 7 heteroatoms. The number of nitrogens with one attached hydrogen (secondary N) is 1. The van der Waals surface area contributed by atoms with E-state index >= 15 is 0 Å². The van der Waals surface area contributed by atoms with Crippen molar-refractivity contribution < 1.29 is 4.79 Å². The van der Waals surface area contributed by atoms with Crippen molar-refractivity contribution in [1.82, 2.24) is 9.97 Å². The molecular weight excluding hydrogens is 308 g/mol. The number of hydrogen-bond acceptors (Lipinski definition) is 5. The molecule has 0 bridgehead atoms. The predicted molar refractivity (Wildman–Crippen MR) is 86.7 cm³/mol. The molecule has 1 amide bonds. The summed E-state index contributed by atoms with van der Waals surface area (Å²) in [5.41, 5.74) is 8.53. The number of benzene rings is 1. The van der Waals surface area contributed by atoms with Crippen molar-refractivity contribution in [2.75, 3.05) is 16.8 Å². The first-order valence-electron chi connectivity index (χ1n) is 6.24. The molecule has 21 heavy (non-hydrogen) atoms. The highest BCUT2D eigenvalue weighted by Crippen LogP contribution is 2.23. The summed E-state index contributed by atoms with van der Waals surface area (Å²) in [4.78, 5) is 20.5. The molecule has 2 rings (SSSR count). The first-order valence-corrected chi connectivity index (χ1v) is 7.60. The molecule has 0 saturated heterocycles. The highest BCUT2D eigenvalue weighted by Gasteiger charge is 2.08. The summed E-state index contributed by atoms with van der Waals surface area (Å²) in [6.07, 6.45) is 0. The van der Waals surface area contributed by atoms with E-state index in [4.69, 9.17) is 17.3 Å². The lowest BCUT2D eigenvalue weighted by atomic mass is 10.2. The number of nitrogens with zero attached hydrogens (tertiary/aromatic N) is 2. The lowest BCUT2D eigenvalue weighted by Crippen LogP contribution is -2.15. The fourth-order valence-corrected chi connectivity index (χ4v) is 2.65. The van der Waals surface area contributed by atoms with Gasteiger partial charge in [0.15, 0.2) is 5.16 Å². The minimum atomic E-state index is -0.170. The van der Waals surface area contributed by atoms with E-state index in [1.807, 2.05) is 19.9 Å². The van der Waals surface area contributed by atoms with Crippen molar-refractivity contribution in [3.05, 3.63) is 40.7 Å². The zero-order valence-corrected chi connectivity index (χ0v) is 13.3. The van der Waals surface area contributed by atoms with E-state index in [1.54, 1.807) is 18.2 Å². The van der Waals surface area contributed by atoms with E-state index in [2.05, 4.69) is 15.3 Å². The Balaban J connectivity index is 1.95. The molecule has 3 N–H and O–H groups in total.